The van der Waals surface area contributed by atoms with E-state index < -0.39 is 6.10 Å². The number of nitriles is 1. The number of aliphatic hydroxyl groups excluding tert-OH is 1. The number of nitrogens with zero attached hydrogens (tertiary/aromatic N) is 3. The fraction of sp³-hybridized carbons (Fsp3) is 0.185. The molecule has 31 heavy (non-hydrogen) atoms. The number of imidazole rings is 1. The summed E-state index contributed by atoms with van der Waals surface area (Å²) in [6.45, 7) is 2.04. The van der Waals surface area contributed by atoms with Gasteiger partial charge in [-0.3, -0.25) is 0 Å². The molecule has 0 saturated carbocycles. The maximum Gasteiger partial charge on any atom is 0.0998 e. The SMILES string of the molecule is Cc1ccccc1-c1cc(C(O)CC(c2ccccc2)c2cncn2C)ccc1C#N. The smallest absolute Gasteiger partial charge is 0.0998 e. The number of benzene rings is 3. The Kier molecular flexibility index (Phi) is 5.97. The molecule has 1 aromatic heterocycles. The number of hydrogen-bond donors (Lipinski definition) is 1. The van der Waals surface area contributed by atoms with Crippen molar-refractivity contribution in [3.63, 3.8) is 0 Å². The first kappa shape index (κ1) is 20.6. The predicted molar refractivity (Wildman–Crippen MR) is 122 cm³/mol. The van der Waals surface area contributed by atoms with Crippen molar-refractivity contribution < 1.29 is 5.11 Å². The van der Waals surface area contributed by atoms with E-state index in [1.165, 1.54) is 0 Å². The molecule has 154 valence electrons. The molecule has 4 rings (SSSR count). The van der Waals surface area contributed by atoms with Gasteiger partial charge in [-0.15, -0.1) is 0 Å². The molecule has 3 aromatic carbocycles. The van der Waals surface area contributed by atoms with Crippen molar-refractivity contribution in [3.05, 3.63) is 113 Å². The summed E-state index contributed by atoms with van der Waals surface area (Å²) < 4.78 is 2.00. The molecule has 0 aliphatic carbocycles. The van der Waals surface area contributed by atoms with Gasteiger partial charge in [-0.05, 0) is 47.7 Å². The first-order valence-electron chi connectivity index (χ1n) is 10.4. The summed E-state index contributed by atoms with van der Waals surface area (Å²) in [5, 5.41) is 20.9. The van der Waals surface area contributed by atoms with Crippen LogP contribution in [0.1, 0.15) is 46.4 Å². The number of aromatic nitrogens is 2. The third-order valence-electron chi connectivity index (χ3n) is 5.86. The van der Waals surface area contributed by atoms with Gasteiger partial charge in [0.2, 0.25) is 0 Å². The van der Waals surface area contributed by atoms with E-state index in [0.29, 0.717) is 12.0 Å². The Hall–Kier alpha value is -3.68. The number of rotatable bonds is 6. The van der Waals surface area contributed by atoms with Gasteiger partial charge < -0.3 is 9.67 Å². The Bertz CT molecular complexity index is 1220. The molecule has 0 spiro atoms. The van der Waals surface area contributed by atoms with Crippen molar-refractivity contribution in [2.75, 3.05) is 0 Å². The normalized spacial score (nSPS) is 12.8. The van der Waals surface area contributed by atoms with Gasteiger partial charge in [0.25, 0.3) is 0 Å². The second kappa shape index (κ2) is 8.99. The zero-order chi connectivity index (χ0) is 21.8. The Balaban J connectivity index is 1.71. The standard InChI is InChI=1S/C27H25N3O/c1-19-8-6-7-11-23(19)24-14-21(12-13-22(24)16-28)27(31)15-25(20-9-4-3-5-10-20)26-17-29-18-30(26)2/h3-14,17-18,25,27,31H,15H2,1-2H3. The number of aryl methyl sites for hydroxylation is 2. The van der Waals surface area contributed by atoms with E-state index in [9.17, 15) is 10.4 Å². The minimum absolute atomic E-state index is 0.00116. The van der Waals surface area contributed by atoms with Crippen molar-refractivity contribution in [2.24, 2.45) is 7.05 Å². The van der Waals surface area contributed by atoms with Gasteiger partial charge in [-0.25, -0.2) is 4.98 Å². The molecule has 0 aliphatic rings. The van der Waals surface area contributed by atoms with Crippen LogP contribution in [0, 0.1) is 18.3 Å². The molecule has 0 fully saturated rings. The lowest BCUT2D eigenvalue weighted by Gasteiger charge is -2.22. The minimum Gasteiger partial charge on any atom is -0.388 e. The Labute approximate surface area is 183 Å². The summed E-state index contributed by atoms with van der Waals surface area (Å²) in [5.41, 5.74) is 6.57. The highest BCUT2D eigenvalue weighted by atomic mass is 16.3. The average molecular weight is 408 g/mol. The van der Waals surface area contributed by atoms with Gasteiger partial charge >= 0.3 is 0 Å². The van der Waals surface area contributed by atoms with E-state index in [-0.39, 0.29) is 5.92 Å². The second-order valence-corrected chi connectivity index (χ2v) is 7.88. The van der Waals surface area contributed by atoms with E-state index in [2.05, 4.69) is 23.2 Å². The summed E-state index contributed by atoms with van der Waals surface area (Å²) >= 11 is 0. The zero-order valence-corrected chi connectivity index (χ0v) is 17.7. The van der Waals surface area contributed by atoms with E-state index in [1.54, 1.807) is 6.33 Å². The fourth-order valence-corrected chi connectivity index (χ4v) is 4.14. The summed E-state index contributed by atoms with van der Waals surface area (Å²) in [4.78, 5) is 4.28. The first-order valence-corrected chi connectivity index (χ1v) is 10.4. The molecule has 0 radical (unpaired) electrons. The summed E-state index contributed by atoms with van der Waals surface area (Å²) in [5.74, 6) is 0.00116. The molecule has 2 atom stereocenters. The third kappa shape index (κ3) is 4.28. The summed E-state index contributed by atoms with van der Waals surface area (Å²) in [7, 11) is 1.97. The highest BCUT2D eigenvalue weighted by molar-refractivity contribution is 5.73. The number of hydrogen-bond acceptors (Lipinski definition) is 3. The Morgan fingerprint density at radius 2 is 1.71 bits per heavy atom. The molecule has 4 aromatic rings. The molecule has 0 aliphatic heterocycles. The molecule has 0 bridgehead atoms. The van der Waals surface area contributed by atoms with Crippen LogP contribution < -0.4 is 0 Å². The van der Waals surface area contributed by atoms with E-state index in [1.807, 2.05) is 85.4 Å². The van der Waals surface area contributed by atoms with Crippen LogP contribution in [-0.2, 0) is 7.05 Å². The highest BCUT2D eigenvalue weighted by Crippen LogP contribution is 2.36. The Morgan fingerprint density at radius 1 is 0.968 bits per heavy atom. The molecule has 4 heteroatoms. The van der Waals surface area contributed by atoms with Crippen molar-refractivity contribution in [1.29, 1.82) is 5.26 Å². The molecule has 0 amide bonds. The van der Waals surface area contributed by atoms with Gasteiger partial charge in [0.1, 0.15) is 0 Å². The maximum atomic E-state index is 11.2. The van der Waals surface area contributed by atoms with Gasteiger partial charge in [-0.2, -0.15) is 5.26 Å². The third-order valence-corrected chi connectivity index (χ3v) is 5.86. The van der Waals surface area contributed by atoms with Crippen molar-refractivity contribution in [1.82, 2.24) is 9.55 Å². The monoisotopic (exact) mass is 407 g/mol. The second-order valence-electron chi connectivity index (χ2n) is 7.88. The quantitative estimate of drug-likeness (QED) is 0.458. The summed E-state index contributed by atoms with van der Waals surface area (Å²) in [6, 6.07) is 26.1. The van der Waals surface area contributed by atoms with Gasteiger partial charge in [0.15, 0.2) is 0 Å². The van der Waals surface area contributed by atoms with Crippen LogP contribution in [0.3, 0.4) is 0 Å². The van der Waals surface area contributed by atoms with E-state index in [0.717, 1.165) is 33.5 Å². The highest BCUT2D eigenvalue weighted by Gasteiger charge is 2.23. The largest absolute Gasteiger partial charge is 0.388 e. The average Bonchev–Trinajstić information content (AvgIpc) is 3.23. The minimum atomic E-state index is -0.685. The molecule has 1 N–H and O–H groups in total. The van der Waals surface area contributed by atoms with Crippen LogP contribution in [0.15, 0.2) is 85.3 Å². The fourth-order valence-electron chi connectivity index (χ4n) is 4.14. The first-order chi connectivity index (χ1) is 15.1. The van der Waals surface area contributed by atoms with Crippen LogP contribution in [0.5, 0.6) is 0 Å². The number of aliphatic hydroxyl groups is 1. The molecular formula is C27H25N3O. The lowest BCUT2D eigenvalue weighted by atomic mass is 9.86. The Morgan fingerprint density at radius 3 is 2.39 bits per heavy atom. The van der Waals surface area contributed by atoms with Crippen LogP contribution in [0.4, 0.5) is 0 Å². The van der Waals surface area contributed by atoms with Crippen LogP contribution in [-0.4, -0.2) is 14.7 Å². The van der Waals surface area contributed by atoms with Crippen molar-refractivity contribution >= 4 is 0 Å². The van der Waals surface area contributed by atoms with Gasteiger partial charge in [0.05, 0.1) is 24.1 Å². The van der Waals surface area contributed by atoms with Gasteiger partial charge in [0, 0.05) is 30.4 Å². The lowest BCUT2D eigenvalue weighted by Crippen LogP contribution is -2.11. The molecular weight excluding hydrogens is 382 g/mol. The molecule has 4 nitrogen and oxygen atoms in total. The van der Waals surface area contributed by atoms with Crippen LogP contribution in [0.2, 0.25) is 0 Å². The van der Waals surface area contributed by atoms with Gasteiger partial charge in [-0.1, -0.05) is 60.7 Å². The predicted octanol–water partition coefficient (Wildman–Crippen LogP) is 5.52. The van der Waals surface area contributed by atoms with E-state index in [4.69, 9.17) is 0 Å². The lowest BCUT2D eigenvalue weighted by molar-refractivity contribution is 0.161. The molecule has 2 unspecified atom stereocenters. The van der Waals surface area contributed by atoms with Crippen molar-refractivity contribution in [2.45, 2.75) is 25.4 Å². The van der Waals surface area contributed by atoms with Crippen molar-refractivity contribution in [3.8, 4) is 17.2 Å². The topological polar surface area (TPSA) is 61.8 Å². The molecule has 0 saturated heterocycles. The molecule has 1 heterocycles. The zero-order valence-electron chi connectivity index (χ0n) is 17.7. The van der Waals surface area contributed by atoms with Crippen LogP contribution >= 0.6 is 0 Å². The van der Waals surface area contributed by atoms with Crippen LogP contribution in [0.25, 0.3) is 11.1 Å². The summed E-state index contributed by atoms with van der Waals surface area (Å²) in [6.07, 6.45) is 3.48. The van der Waals surface area contributed by atoms with E-state index >= 15 is 0 Å². The maximum absolute atomic E-state index is 11.2.